The molecule has 102 valence electrons. The molecule has 2 heterocycles. The molecule has 0 radical (unpaired) electrons. The smallest absolute Gasteiger partial charge is 0.159 e. The van der Waals surface area contributed by atoms with Gasteiger partial charge in [0.15, 0.2) is 11.6 Å². The second-order valence-electron chi connectivity index (χ2n) is 4.42. The normalized spacial score (nSPS) is 10.8. The van der Waals surface area contributed by atoms with Crippen molar-refractivity contribution in [2.75, 3.05) is 19.5 Å². The van der Waals surface area contributed by atoms with Crippen LogP contribution in [0.5, 0.6) is 0 Å². The molecule has 0 unspecified atom stereocenters. The molecule has 19 heavy (non-hydrogen) atoms. The molecule has 0 spiro atoms. The monoisotopic (exact) mass is 261 g/mol. The van der Waals surface area contributed by atoms with Crippen molar-refractivity contribution < 1.29 is 4.74 Å². The van der Waals surface area contributed by atoms with Crippen LogP contribution in [-0.2, 0) is 11.3 Å². The fourth-order valence-electron chi connectivity index (χ4n) is 1.86. The number of aryl methyl sites for hydroxylation is 1. The van der Waals surface area contributed by atoms with Crippen LogP contribution in [0.15, 0.2) is 6.07 Å². The molecule has 1 N–H and O–H groups in total. The molecule has 0 aliphatic heterocycles. The maximum atomic E-state index is 5.09. The Morgan fingerprint density at radius 2 is 2.00 bits per heavy atom. The van der Waals surface area contributed by atoms with Gasteiger partial charge >= 0.3 is 0 Å². The van der Waals surface area contributed by atoms with Gasteiger partial charge in [0, 0.05) is 25.9 Å². The lowest BCUT2D eigenvalue weighted by Crippen LogP contribution is -2.08. The number of anilines is 1. The Balaban J connectivity index is 2.54. The lowest BCUT2D eigenvalue weighted by Gasteiger charge is -2.08. The quantitative estimate of drug-likeness (QED) is 0.908. The van der Waals surface area contributed by atoms with Gasteiger partial charge in [0.05, 0.1) is 5.69 Å². The zero-order valence-electron chi connectivity index (χ0n) is 12.0. The van der Waals surface area contributed by atoms with Crippen molar-refractivity contribution in [2.45, 2.75) is 27.4 Å². The molecule has 2 rings (SSSR count). The Morgan fingerprint density at radius 3 is 2.53 bits per heavy atom. The molecule has 0 fully saturated rings. The highest BCUT2D eigenvalue weighted by Gasteiger charge is 2.12. The van der Waals surface area contributed by atoms with Crippen molar-refractivity contribution in [1.82, 2.24) is 19.7 Å². The van der Waals surface area contributed by atoms with E-state index in [9.17, 15) is 0 Å². The first kappa shape index (κ1) is 13.5. The topological polar surface area (TPSA) is 64.9 Å². The number of aromatic nitrogens is 4. The average Bonchev–Trinajstić information content (AvgIpc) is 2.66. The van der Waals surface area contributed by atoms with Crippen molar-refractivity contribution >= 4 is 5.82 Å². The highest BCUT2D eigenvalue weighted by atomic mass is 16.5. The number of ether oxygens (including phenoxy) is 1. The molecule has 0 bridgehead atoms. The standard InChI is InChI=1S/C13H19N5O/c1-8-9(2)17-18(10(8)3)13-6-11(14-4)15-12(16-13)7-19-5/h6H,7H2,1-5H3,(H,14,15,16). The Kier molecular flexibility index (Phi) is 3.80. The Labute approximate surface area is 112 Å². The lowest BCUT2D eigenvalue weighted by molar-refractivity contribution is 0.178. The fraction of sp³-hybridized carbons (Fsp3) is 0.462. The molecule has 6 heteroatoms. The van der Waals surface area contributed by atoms with Gasteiger partial charge in [0.1, 0.15) is 12.4 Å². The number of hydrogen-bond donors (Lipinski definition) is 1. The van der Waals surface area contributed by atoms with Crippen LogP contribution in [0, 0.1) is 20.8 Å². The number of hydrogen-bond acceptors (Lipinski definition) is 5. The molecule has 0 amide bonds. The number of methoxy groups -OCH3 is 1. The van der Waals surface area contributed by atoms with Crippen LogP contribution in [0.1, 0.15) is 22.8 Å². The summed E-state index contributed by atoms with van der Waals surface area (Å²) in [7, 11) is 3.46. The molecule has 0 atom stereocenters. The first-order valence-corrected chi connectivity index (χ1v) is 6.14. The highest BCUT2D eigenvalue weighted by molar-refractivity contribution is 5.42. The molecule has 2 aromatic heterocycles. The summed E-state index contributed by atoms with van der Waals surface area (Å²) in [6.07, 6.45) is 0. The third kappa shape index (κ3) is 2.58. The lowest BCUT2D eigenvalue weighted by atomic mass is 10.2. The first-order valence-electron chi connectivity index (χ1n) is 6.14. The molecular weight excluding hydrogens is 242 g/mol. The van der Waals surface area contributed by atoms with Gasteiger partial charge in [-0.1, -0.05) is 0 Å². The number of nitrogens with one attached hydrogen (secondary N) is 1. The van der Waals surface area contributed by atoms with E-state index in [0.717, 1.165) is 23.0 Å². The van der Waals surface area contributed by atoms with Gasteiger partial charge in [0.25, 0.3) is 0 Å². The predicted molar refractivity (Wildman–Crippen MR) is 73.6 cm³/mol. The third-order valence-electron chi connectivity index (χ3n) is 3.16. The van der Waals surface area contributed by atoms with E-state index in [2.05, 4.69) is 27.3 Å². The van der Waals surface area contributed by atoms with Crippen molar-refractivity contribution in [2.24, 2.45) is 0 Å². The van der Waals surface area contributed by atoms with Crippen LogP contribution in [0.3, 0.4) is 0 Å². The summed E-state index contributed by atoms with van der Waals surface area (Å²) in [6.45, 7) is 6.47. The van der Waals surface area contributed by atoms with Crippen molar-refractivity contribution in [3.8, 4) is 5.82 Å². The van der Waals surface area contributed by atoms with Gasteiger partial charge in [-0.25, -0.2) is 14.6 Å². The molecule has 2 aromatic rings. The van der Waals surface area contributed by atoms with Crippen LogP contribution in [0.4, 0.5) is 5.82 Å². The fourth-order valence-corrected chi connectivity index (χ4v) is 1.86. The molecule has 0 aliphatic carbocycles. The number of rotatable bonds is 4. The predicted octanol–water partition coefficient (Wildman–Crippen LogP) is 1.78. The molecule has 0 aromatic carbocycles. The zero-order valence-corrected chi connectivity index (χ0v) is 12.0. The van der Waals surface area contributed by atoms with E-state index in [1.54, 1.807) is 7.11 Å². The SMILES string of the molecule is CNc1cc(-n2nc(C)c(C)c2C)nc(COC)n1. The van der Waals surface area contributed by atoms with E-state index in [4.69, 9.17) is 4.74 Å². The molecule has 0 saturated carbocycles. The van der Waals surface area contributed by atoms with Gasteiger partial charge in [-0.15, -0.1) is 0 Å². The van der Waals surface area contributed by atoms with Crippen LogP contribution in [-0.4, -0.2) is 33.9 Å². The van der Waals surface area contributed by atoms with Crippen LogP contribution < -0.4 is 5.32 Å². The van der Waals surface area contributed by atoms with Gasteiger partial charge in [-0.3, -0.25) is 0 Å². The van der Waals surface area contributed by atoms with Crippen LogP contribution >= 0.6 is 0 Å². The van der Waals surface area contributed by atoms with Crippen LogP contribution in [0.25, 0.3) is 5.82 Å². The summed E-state index contributed by atoms with van der Waals surface area (Å²) < 4.78 is 6.93. The Hall–Kier alpha value is -1.95. The average molecular weight is 261 g/mol. The number of nitrogens with zero attached hydrogens (tertiary/aromatic N) is 4. The Morgan fingerprint density at radius 1 is 1.26 bits per heavy atom. The Bertz CT molecular complexity index is 591. The summed E-state index contributed by atoms with van der Waals surface area (Å²) in [5.74, 6) is 2.14. The van der Waals surface area contributed by atoms with E-state index in [1.165, 1.54) is 5.56 Å². The highest BCUT2D eigenvalue weighted by Crippen LogP contribution is 2.17. The summed E-state index contributed by atoms with van der Waals surface area (Å²) in [6, 6.07) is 1.87. The summed E-state index contributed by atoms with van der Waals surface area (Å²) in [4.78, 5) is 8.82. The van der Waals surface area contributed by atoms with Crippen molar-refractivity contribution in [3.63, 3.8) is 0 Å². The van der Waals surface area contributed by atoms with Crippen molar-refractivity contribution in [1.29, 1.82) is 0 Å². The van der Waals surface area contributed by atoms with E-state index >= 15 is 0 Å². The first-order chi connectivity index (χ1) is 9.06. The van der Waals surface area contributed by atoms with E-state index in [1.807, 2.05) is 31.6 Å². The third-order valence-corrected chi connectivity index (χ3v) is 3.16. The largest absolute Gasteiger partial charge is 0.377 e. The molecule has 0 aliphatic rings. The van der Waals surface area contributed by atoms with E-state index in [-0.39, 0.29) is 0 Å². The maximum absolute atomic E-state index is 5.09. The van der Waals surface area contributed by atoms with E-state index < -0.39 is 0 Å². The minimum atomic E-state index is 0.376. The molecule has 6 nitrogen and oxygen atoms in total. The summed E-state index contributed by atoms with van der Waals surface area (Å²) in [5, 5.41) is 7.54. The van der Waals surface area contributed by atoms with Gasteiger partial charge in [-0.05, 0) is 26.3 Å². The minimum Gasteiger partial charge on any atom is -0.377 e. The van der Waals surface area contributed by atoms with Crippen molar-refractivity contribution in [3.05, 3.63) is 28.8 Å². The zero-order chi connectivity index (χ0) is 14.0. The molecule has 0 saturated heterocycles. The second kappa shape index (κ2) is 5.36. The van der Waals surface area contributed by atoms with Crippen LogP contribution in [0.2, 0.25) is 0 Å². The van der Waals surface area contributed by atoms with Gasteiger partial charge in [-0.2, -0.15) is 5.10 Å². The van der Waals surface area contributed by atoms with Gasteiger partial charge in [0.2, 0.25) is 0 Å². The summed E-state index contributed by atoms with van der Waals surface area (Å²) >= 11 is 0. The molecular formula is C13H19N5O. The second-order valence-corrected chi connectivity index (χ2v) is 4.42. The minimum absolute atomic E-state index is 0.376. The maximum Gasteiger partial charge on any atom is 0.159 e. The summed E-state index contributed by atoms with van der Waals surface area (Å²) in [5.41, 5.74) is 3.27. The van der Waals surface area contributed by atoms with E-state index in [0.29, 0.717) is 12.4 Å². The van der Waals surface area contributed by atoms with Gasteiger partial charge < -0.3 is 10.1 Å².